The number of carbonyl (C=O) groups is 1. The van der Waals surface area contributed by atoms with Crippen LogP contribution in [0.2, 0.25) is 0 Å². The van der Waals surface area contributed by atoms with Gasteiger partial charge in [-0.2, -0.15) is 0 Å². The molecule has 0 spiro atoms. The Balaban J connectivity index is 1.45. The van der Waals surface area contributed by atoms with Crippen LogP contribution in [0.3, 0.4) is 0 Å². The fraction of sp³-hybridized carbons (Fsp3) is 0.263. The number of aromatic amines is 1. The van der Waals surface area contributed by atoms with Crippen molar-refractivity contribution in [2.45, 2.75) is 25.4 Å². The number of aromatic nitrogens is 2. The van der Waals surface area contributed by atoms with E-state index in [1.54, 1.807) is 12.1 Å². The Labute approximate surface area is 144 Å². The molecule has 0 saturated carbocycles. The van der Waals surface area contributed by atoms with Crippen molar-refractivity contribution in [2.24, 2.45) is 0 Å². The van der Waals surface area contributed by atoms with Crippen molar-refractivity contribution >= 4 is 22.9 Å². The molecule has 0 aliphatic carbocycles. The quantitative estimate of drug-likeness (QED) is 0.767. The molecule has 0 unspecified atom stereocenters. The summed E-state index contributed by atoms with van der Waals surface area (Å²) in [5.74, 6) is 0.169. The van der Waals surface area contributed by atoms with Gasteiger partial charge in [-0.3, -0.25) is 15.0 Å². The Hall–Kier alpha value is -2.73. The Morgan fingerprint density at radius 1 is 1.24 bits per heavy atom. The third kappa shape index (κ3) is 3.39. The smallest absolute Gasteiger partial charge is 0.244 e. The predicted octanol–water partition coefficient (Wildman–Crippen LogP) is 3.31. The second-order valence-corrected chi connectivity index (χ2v) is 6.35. The van der Waals surface area contributed by atoms with E-state index in [9.17, 15) is 9.18 Å². The van der Waals surface area contributed by atoms with Crippen LogP contribution >= 0.6 is 0 Å². The summed E-state index contributed by atoms with van der Waals surface area (Å²) >= 11 is 0. The number of H-pyrrole nitrogens is 1. The number of anilines is 1. The van der Waals surface area contributed by atoms with Crippen LogP contribution in [0.1, 0.15) is 18.4 Å². The average molecular weight is 338 g/mol. The zero-order valence-electron chi connectivity index (χ0n) is 13.7. The lowest BCUT2D eigenvalue weighted by molar-refractivity contribution is -0.120. The normalized spacial score (nSPS) is 17.9. The molecule has 0 bridgehead atoms. The first kappa shape index (κ1) is 15.8. The molecule has 6 heteroatoms. The molecule has 1 aliphatic rings. The van der Waals surface area contributed by atoms with E-state index < -0.39 is 0 Å². The summed E-state index contributed by atoms with van der Waals surface area (Å²) in [6.07, 6.45) is 1.78. The van der Waals surface area contributed by atoms with Crippen LogP contribution in [0.4, 0.5) is 10.3 Å². The number of nitrogens with one attached hydrogen (secondary N) is 2. The van der Waals surface area contributed by atoms with Gasteiger partial charge in [0, 0.05) is 6.54 Å². The van der Waals surface area contributed by atoms with Crippen LogP contribution in [0, 0.1) is 5.82 Å². The number of likely N-dealkylation sites (tertiary alicyclic amines) is 1. The molecule has 4 rings (SSSR count). The number of hydrogen-bond donors (Lipinski definition) is 2. The molecule has 1 amide bonds. The minimum Gasteiger partial charge on any atom is -0.324 e. The fourth-order valence-corrected chi connectivity index (χ4v) is 3.35. The Kier molecular flexibility index (Phi) is 4.19. The first-order chi connectivity index (χ1) is 12.2. The fourth-order valence-electron chi connectivity index (χ4n) is 3.35. The number of fused-ring (bicyclic) bond motifs is 1. The number of rotatable bonds is 4. The maximum atomic E-state index is 13.0. The van der Waals surface area contributed by atoms with Gasteiger partial charge in [0.2, 0.25) is 11.9 Å². The van der Waals surface area contributed by atoms with Gasteiger partial charge in [-0.25, -0.2) is 9.37 Å². The van der Waals surface area contributed by atoms with Gasteiger partial charge in [-0.15, -0.1) is 0 Å². The number of benzene rings is 2. The molecule has 128 valence electrons. The SMILES string of the molecule is O=C(Nc1nc2ccccc2[nH]1)[C@H]1CCCN1Cc1ccc(F)cc1. The molecule has 3 aromatic rings. The van der Waals surface area contributed by atoms with Crippen molar-refractivity contribution in [3.63, 3.8) is 0 Å². The summed E-state index contributed by atoms with van der Waals surface area (Å²) in [5.41, 5.74) is 2.73. The van der Waals surface area contributed by atoms with E-state index in [4.69, 9.17) is 0 Å². The number of halogens is 1. The maximum Gasteiger partial charge on any atom is 0.244 e. The van der Waals surface area contributed by atoms with Crippen LogP contribution in [-0.4, -0.2) is 33.4 Å². The highest BCUT2D eigenvalue weighted by Gasteiger charge is 2.31. The molecule has 1 saturated heterocycles. The van der Waals surface area contributed by atoms with Crippen LogP contribution in [-0.2, 0) is 11.3 Å². The van der Waals surface area contributed by atoms with E-state index >= 15 is 0 Å². The van der Waals surface area contributed by atoms with E-state index in [0.29, 0.717) is 12.5 Å². The van der Waals surface area contributed by atoms with Gasteiger partial charge in [0.1, 0.15) is 5.82 Å². The Bertz CT molecular complexity index is 857. The summed E-state index contributed by atoms with van der Waals surface area (Å²) < 4.78 is 13.0. The van der Waals surface area contributed by atoms with Crippen molar-refractivity contribution in [3.8, 4) is 0 Å². The van der Waals surface area contributed by atoms with Gasteiger partial charge in [0.25, 0.3) is 0 Å². The highest BCUT2D eigenvalue weighted by molar-refractivity contribution is 5.95. The van der Waals surface area contributed by atoms with Crippen LogP contribution < -0.4 is 5.32 Å². The van der Waals surface area contributed by atoms with Crippen molar-refractivity contribution in [2.75, 3.05) is 11.9 Å². The Morgan fingerprint density at radius 3 is 2.84 bits per heavy atom. The molecular formula is C19H19FN4O. The number of imidazole rings is 1. The third-order valence-corrected chi connectivity index (χ3v) is 4.60. The minimum absolute atomic E-state index is 0.0568. The number of para-hydroxylation sites is 2. The number of amides is 1. The lowest BCUT2D eigenvalue weighted by Gasteiger charge is -2.23. The van der Waals surface area contributed by atoms with Crippen molar-refractivity contribution in [3.05, 3.63) is 59.9 Å². The van der Waals surface area contributed by atoms with Crippen LogP contribution in [0.5, 0.6) is 0 Å². The summed E-state index contributed by atoms with van der Waals surface area (Å²) in [6.45, 7) is 1.49. The monoisotopic (exact) mass is 338 g/mol. The van der Waals surface area contributed by atoms with Gasteiger partial charge in [-0.1, -0.05) is 24.3 Å². The third-order valence-electron chi connectivity index (χ3n) is 4.60. The molecule has 1 fully saturated rings. The Morgan fingerprint density at radius 2 is 2.04 bits per heavy atom. The lowest BCUT2D eigenvalue weighted by Crippen LogP contribution is -2.39. The minimum atomic E-state index is -0.246. The molecule has 0 radical (unpaired) electrons. The largest absolute Gasteiger partial charge is 0.324 e. The molecule has 25 heavy (non-hydrogen) atoms. The van der Waals surface area contributed by atoms with E-state index in [2.05, 4.69) is 20.2 Å². The highest BCUT2D eigenvalue weighted by atomic mass is 19.1. The maximum absolute atomic E-state index is 13.0. The molecule has 1 aliphatic heterocycles. The molecule has 2 heterocycles. The zero-order valence-corrected chi connectivity index (χ0v) is 13.7. The second-order valence-electron chi connectivity index (χ2n) is 6.35. The first-order valence-corrected chi connectivity index (χ1v) is 8.43. The molecule has 2 N–H and O–H groups in total. The summed E-state index contributed by atoms with van der Waals surface area (Å²) in [4.78, 5) is 22.3. The summed E-state index contributed by atoms with van der Waals surface area (Å²) in [6, 6.07) is 13.9. The lowest BCUT2D eigenvalue weighted by atomic mass is 10.1. The number of carbonyl (C=O) groups excluding carboxylic acids is 1. The van der Waals surface area contributed by atoms with Gasteiger partial charge in [-0.05, 0) is 49.2 Å². The van der Waals surface area contributed by atoms with E-state index in [0.717, 1.165) is 36.0 Å². The van der Waals surface area contributed by atoms with Crippen molar-refractivity contribution < 1.29 is 9.18 Å². The highest BCUT2D eigenvalue weighted by Crippen LogP contribution is 2.22. The molecule has 2 aromatic carbocycles. The van der Waals surface area contributed by atoms with Gasteiger partial charge >= 0.3 is 0 Å². The van der Waals surface area contributed by atoms with Crippen molar-refractivity contribution in [1.29, 1.82) is 0 Å². The summed E-state index contributed by atoms with van der Waals surface area (Å²) in [5, 5.41) is 2.89. The van der Waals surface area contributed by atoms with Crippen LogP contribution in [0.15, 0.2) is 48.5 Å². The van der Waals surface area contributed by atoms with Crippen LogP contribution in [0.25, 0.3) is 11.0 Å². The zero-order chi connectivity index (χ0) is 17.2. The summed E-state index contributed by atoms with van der Waals surface area (Å²) in [7, 11) is 0. The number of hydrogen-bond acceptors (Lipinski definition) is 3. The first-order valence-electron chi connectivity index (χ1n) is 8.43. The molecule has 5 nitrogen and oxygen atoms in total. The van der Waals surface area contributed by atoms with E-state index in [1.165, 1.54) is 12.1 Å². The standard InChI is InChI=1S/C19H19FN4O/c20-14-9-7-13(8-10-14)12-24-11-3-6-17(24)18(25)23-19-21-15-4-1-2-5-16(15)22-19/h1-2,4-5,7-10,17H,3,6,11-12H2,(H2,21,22,23,25)/t17-/m1/s1. The van der Waals surface area contributed by atoms with E-state index in [-0.39, 0.29) is 17.8 Å². The second kappa shape index (κ2) is 6.64. The van der Waals surface area contributed by atoms with Gasteiger partial charge in [0.05, 0.1) is 17.1 Å². The average Bonchev–Trinajstić information content (AvgIpc) is 3.23. The predicted molar refractivity (Wildman–Crippen MR) is 94.6 cm³/mol. The molecule has 1 atom stereocenters. The topological polar surface area (TPSA) is 61.0 Å². The van der Waals surface area contributed by atoms with Gasteiger partial charge < -0.3 is 4.98 Å². The van der Waals surface area contributed by atoms with Gasteiger partial charge in [0.15, 0.2) is 0 Å². The molecular weight excluding hydrogens is 319 g/mol. The van der Waals surface area contributed by atoms with Crippen molar-refractivity contribution in [1.82, 2.24) is 14.9 Å². The molecule has 1 aromatic heterocycles. The number of nitrogens with zero attached hydrogens (tertiary/aromatic N) is 2. The van der Waals surface area contributed by atoms with E-state index in [1.807, 2.05) is 24.3 Å².